The normalized spacial score (nSPS) is 24.5. The number of benzene rings is 2. The highest BCUT2D eigenvalue weighted by atomic mass is 79.9. The number of esters is 1. The van der Waals surface area contributed by atoms with Crippen LogP contribution < -0.4 is 0 Å². The van der Waals surface area contributed by atoms with Gasteiger partial charge in [0.25, 0.3) is 0 Å². The lowest BCUT2D eigenvalue weighted by molar-refractivity contribution is -0.147. The average Bonchev–Trinajstić information content (AvgIpc) is 3.35. The van der Waals surface area contributed by atoms with Crippen LogP contribution in [-0.4, -0.2) is 26.2 Å². The number of ether oxygens (including phenoxy) is 1. The summed E-state index contributed by atoms with van der Waals surface area (Å²) in [6.45, 7) is 1.70. The molecule has 0 aliphatic heterocycles. The molecule has 0 aromatic heterocycles. The van der Waals surface area contributed by atoms with Crippen LogP contribution >= 0.6 is 15.9 Å². The zero-order chi connectivity index (χ0) is 18.9. The molecule has 2 aromatic carbocycles. The lowest BCUT2D eigenvalue weighted by atomic mass is 10.0. The number of carbonyl (C=O) groups is 1. The van der Waals surface area contributed by atoms with E-state index in [4.69, 9.17) is 4.74 Å². The van der Waals surface area contributed by atoms with Crippen molar-refractivity contribution in [3.05, 3.63) is 64.6 Å². The molecule has 1 aliphatic rings. The second-order valence-electron chi connectivity index (χ2n) is 6.01. The monoisotopic (exact) mass is 433 g/mol. The molecular weight excluding hydrogens is 418 g/mol. The summed E-state index contributed by atoms with van der Waals surface area (Å²) in [7, 11) is -3.89. The van der Waals surface area contributed by atoms with Crippen molar-refractivity contribution in [2.45, 2.75) is 23.0 Å². The molecule has 0 N–H and O–H groups in total. The van der Waals surface area contributed by atoms with Crippen LogP contribution in [0.15, 0.2) is 64.0 Å². The average molecular weight is 434 g/mol. The molecule has 0 unspecified atom stereocenters. The molecular formula is C19H16BrNO4S. The first-order valence-corrected chi connectivity index (χ1v) is 10.4. The van der Waals surface area contributed by atoms with E-state index in [0.29, 0.717) is 5.56 Å². The maximum absolute atomic E-state index is 13.2. The number of nitriles is 1. The van der Waals surface area contributed by atoms with E-state index < -0.39 is 32.4 Å². The molecule has 0 bridgehead atoms. The third-order valence-electron chi connectivity index (χ3n) is 4.57. The molecule has 1 aliphatic carbocycles. The first-order chi connectivity index (χ1) is 12.4. The number of nitrogens with zero attached hydrogens (tertiary/aromatic N) is 1. The van der Waals surface area contributed by atoms with E-state index in [1.807, 2.05) is 6.07 Å². The Kier molecular flexibility index (Phi) is 4.91. The Morgan fingerprint density at radius 1 is 1.19 bits per heavy atom. The number of sulfone groups is 1. The maximum atomic E-state index is 13.2. The van der Waals surface area contributed by atoms with Crippen LogP contribution in [0.4, 0.5) is 0 Å². The van der Waals surface area contributed by atoms with Gasteiger partial charge in [-0.1, -0.05) is 46.3 Å². The summed E-state index contributed by atoms with van der Waals surface area (Å²) >= 11 is 3.33. The van der Waals surface area contributed by atoms with E-state index in [1.165, 1.54) is 12.1 Å². The second kappa shape index (κ2) is 6.86. The van der Waals surface area contributed by atoms with Gasteiger partial charge in [-0.05, 0) is 36.8 Å². The third kappa shape index (κ3) is 2.83. The Balaban J connectivity index is 2.13. The van der Waals surface area contributed by atoms with Crippen molar-refractivity contribution >= 4 is 31.7 Å². The highest BCUT2D eigenvalue weighted by Gasteiger charge is 2.77. The van der Waals surface area contributed by atoms with Crippen LogP contribution in [0.3, 0.4) is 0 Å². The lowest BCUT2D eigenvalue weighted by Gasteiger charge is -2.09. The van der Waals surface area contributed by atoms with Crippen molar-refractivity contribution in [3.63, 3.8) is 0 Å². The van der Waals surface area contributed by atoms with Gasteiger partial charge in [-0.25, -0.2) is 8.42 Å². The number of rotatable bonds is 5. The zero-order valence-electron chi connectivity index (χ0n) is 13.9. The minimum Gasteiger partial charge on any atom is -0.465 e. The number of hydrogen-bond donors (Lipinski definition) is 0. The molecule has 3 atom stereocenters. The molecule has 26 heavy (non-hydrogen) atoms. The fraction of sp³-hybridized carbons (Fsp3) is 0.263. The molecule has 2 aromatic rings. The third-order valence-corrected chi connectivity index (χ3v) is 7.34. The van der Waals surface area contributed by atoms with Crippen LogP contribution in [0.2, 0.25) is 0 Å². The fourth-order valence-electron chi connectivity index (χ4n) is 3.32. The van der Waals surface area contributed by atoms with Gasteiger partial charge < -0.3 is 4.74 Å². The highest BCUT2D eigenvalue weighted by Crippen LogP contribution is 2.64. The van der Waals surface area contributed by atoms with E-state index in [9.17, 15) is 18.5 Å². The zero-order valence-corrected chi connectivity index (χ0v) is 16.3. The van der Waals surface area contributed by atoms with Gasteiger partial charge in [0, 0.05) is 10.4 Å². The van der Waals surface area contributed by atoms with Crippen molar-refractivity contribution in [1.29, 1.82) is 5.26 Å². The smallest absolute Gasteiger partial charge is 0.328 e. The standard InChI is InChI=1S/C19H16BrNO4S/c1-2-25-18(22)19(12-21)16(13-8-10-14(20)11-9-13)17(19)26(23,24)15-6-4-3-5-7-15/h3-11,16-17H,2H2,1H3/t16-,17+,19+/m1/s1. The van der Waals surface area contributed by atoms with Gasteiger partial charge in [0.2, 0.25) is 0 Å². The maximum Gasteiger partial charge on any atom is 0.328 e. The summed E-state index contributed by atoms with van der Waals surface area (Å²) in [5.41, 5.74) is -1.12. The summed E-state index contributed by atoms with van der Waals surface area (Å²) in [6, 6.07) is 16.8. The Bertz CT molecular complexity index is 967. The van der Waals surface area contributed by atoms with E-state index in [0.717, 1.165) is 4.47 Å². The number of hydrogen-bond acceptors (Lipinski definition) is 5. The van der Waals surface area contributed by atoms with Crippen LogP contribution in [0.25, 0.3) is 0 Å². The van der Waals surface area contributed by atoms with Crippen LogP contribution in [0, 0.1) is 16.7 Å². The first kappa shape index (κ1) is 18.6. The molecule has 0 heterocycles. The van der Waals surface area contributed by atoms with Crippen molar-refractivity contribution < 1.29 is 17.9 Å². The number of halogens is 1. The van der Waals surface area contributed by atoms with Crippen molar-refractivity contribution in [3.8, 4) is 6.07 Å². The van der Waals surface area contributed by atoms with E-state index in [-0.39, 0.29) is 11.5 Å². The van der Waals surface area contributed by atoms with Gasteiger partial charge in [0.15, 0.2) is 15.3 Å². The largest absolute Gasteiger partial charge is 0.465 e. The first-order valence-electron chi connectivity index (χ1n) is 8.02. The van der Waals surface area contributed by atoms with E-state index >= 15 is 0 Å². The minimum atomic E-state index is -3.89. The van der Waals surface area contributed by atoms with Gasteiger partial charge in [-0.2, -0.15) is 5.26 Å². The molecule has 134 valence electrons. The summed E-state index contributed by atoms with van der Waals surface area (Å²) in [5, 5.41) is 8.62. The van der Waals surface area contributed by atoms with Crippen LogP contribution in [0.1, 0.15) is 18.4 Å². The van der Waals surface area contributed by atoms with Crippen LogP contribution in [0.5, 0.6) is 0 Å². The van der Waals surface area contributed by atoms with Crippen molar-refractivity contribution in [1.82, 2.24) is 0 Å². The summed E-state index contributed by atoms with van der Waals surface area (Å²) in [5.74, 6) is -1.57. The Morgan fingerprint density at radius 2 is 1.81 bits per heavy atom. The molecule has 7 heteroatoms. The quantitative estimate of drug-likeness (QED) is 0.673. The fourth-order valence-corrected chi connectivity index (χ4v) is 5.85. The Hall–Kier alpha value is -2.17. The molecule has 0 saturated heterocycles. The lowest BCUT2D eigenvalue weighted by Crippen LogP contribution is -2.25. The molecule has 1 saturated carbocycles. The van der Waals surface area contributed by atoms with Gasteiger partial charge in [0.05, 0.1) is 17.6 Å². The summed E-state index contributed by atoms with van der Waals surface area (Å²) in [6.07, 6.45) is 0. The van der Waals surface area contributed by atoms with E-state index in [2.05, 4.69) is 15.9 Å². The Labute approximate surface area is 160 Å². The van der Waals surface area contributed by atoms with Crippen LogP contribution in [-0.2, 0) is 19.4 Å². The highest BCUT2D eigenvalue weighted by molar-refractivity contribution is 9.10. The summed E-state index contributed by atoms with van der Waals surface area (Å²) < 4.78 is 32.2. The molecule has 5 nitrogen and oxygen atoms in total. The van der Waals surface area contributed by atoms with Crippen molar-refractivity contribution in [2.75, 3.05) is 6.61 Å². The SMILES string of the molecule is CCOC(=O)[C@@]1(C#N)[C@H](c2ccc(Br)cc2)[C@@H]1S(=O)(=O)c1ccccc1. The molecule has 0 amide bonds. The van der Waals surface area contributed by atoms with Gasteiger partial charge in [-0.15, -0.1) is 0 Å². The minimum absolute atomic E-state index is 0.0768. The van der Waals surface area contributed by atoms with Crippen molar-refractivity contribution in [2.24, 2.45) is 5.41 Å². The second-order valence-corrected chi connectivity index (χ2v) is 8.99. The predicted octanol–water partition coefficient (Wildman–Crippen LogP) is 3.46. The predicted molar refractivity (Wildman–Crippen MR) is 99.0 cm³/mol. The van der Waals surface area contributed by atoms with Gasteiger partial charge in [-0.3, -0.25) is 4.79 Å². The van der Waals surface area contributed by atoms with Gasteiger partial charge in [0.1, 0.15) is 5.25 Å². The topological polar surface area (TPSA) is 84.2 Å². The summed E-state index contributed by atoms with van der Waals surface area (Å²) in [4.78, 5) is 12.7. The van der Waals surface area contributed by atoms with E-state index in [1.54, 1.807) is 49.4 Å². The number of carbonyl (C=O) groups excluding carboxylic acids is 1. The molecule has 0 spiro atoms. The Morgan fingerprint density at radius 3 is 2.35 bits per heavy atom. The molecule has 1 fully saturated rings. The molecule has 3 rings (SSSR count). The van der Waals surface area contributed by atoms with Gasteiger partial charge >= 0.3 is 5.97 Å². The molecule has 0 radical (unpaired) electrons.